The molecule has 1 aliphatic rings. The maximum absolute atomic E-state index is 12.4. The first kappa shape index (κ1) is 15.6. The van der Waals surface area contributed by atoms with Crippen LogP contribution >= 0.6 is 12.2 Å². The number of ether oxygens (including phenoxy) is 1. The third kappa shape index (κ3) is 3.67. The molecule has 0 aliphatic carbocycles. The van der Waals surface area contributed by atoms with Gasteiger partial charge in [0, 0.05) is 12.7 Å². The molecule has 1 amide bonds. The average Bonchev–Trinajstić information content (AvgIpc) is 2.46. The van der Waals surface area contributed by atoms with Crippen LogP contribution in [0.4, 0.5) is 13.2 Å². The van der Waals surface area contributed by atoms with Crippen LogP contribution in [0, 0.1) is 0 Å². The fraction of sp³-hybridized carbons (Fsp3) is 0.417. The van der Waals surface area contributed by atoms with Crippen LogP contribution in [0.15, 0.2) is 18.3 Å². The molecule has 114 valence electrons. The van der Waals surface area contributed by atoms with Crippen molar-refractivity contribution >= 4 is 23.1 Å². The molecule has 1 saturated heterocycles. The van der Waals surface area contributed by atoms with Crippen LogP contribution in [0.5, 0.6) is 0 Å². The Hall–Kier alpha value is -1.74. The molecular weight excluding hydrogens is 307 g/mol. The monoisotopic (exact) mass is 319 g/mol. The predicted molar refractivity (Wildman–Crippen MR) is 71.7 cm³/mol. The molecule has 2 N–H and O–H groups in total. The Morgan fingerprint density at radius 2 is 2.19 bits per heavy atom. The Balaban J connectivity index is 2.11. The number of alkyl halides is 3. The first-order valence-electron chi connectivity index (χ1n) is 6.02. The summed E-state index contributed by atoms with van der Waals surface area (Å²) in [4.78, 5) is 17.3. The topological polar surface area (TPSA) is 68.5 Å². The number of carbonyl (C=O) groups is 1. The van der Waals surface area contributed by atoms with Gasteiger partial charge in [-0.3, -0.25) is 9.78 Å². The molecule has 0 spiro atoms. The molecule has 1 aromatic heterocycles. The number of halogens is 3. The minimum absolute atomic E-state index is 0.0633. The summed E-state index contributed by atoms with van der Waals surface area (Å²) in [5.74, 6) is -0.478. The second-order valence-corrected chi connectivity index (χ2v) is 4.91. The second kappa shape index (κ2) is 5.94. The number of hydrogen-bond donors (Lipinski definition) is 1. The highest BCUT2D eigenvalue weighted by Gasteiger charge is 2.32. The zero-order valence-electron chi connectivity index (χ0n) is 10.8. The number of carbonyl (C=O) groups excluding carboxylic acids is 1. The molecular formula is C12H12F3N3O2S. The van der Waals surface area contributed by atoms with Gasteiger partial charge in [0.25, 0.3) is 5.91 Å². The van der Waals surface area contributed by atoms with E-state index in [2.05, 4.69) is 4.98 Å². The van der Waals surface area contributed by atoms with E-state index < -0.39 is 23.8 Å². The van der Waals surface area contributed by atoms with Gasteiger partial charge >= 0.3 is 6.18 Å². The Labute approximate surface area is 123 Å². The van der Waals surface area contributed by atoms with Gasteiger partial charge in [-0.15, -0.1) is 0 Å². The third-order valence-corrected chi connectivity index (χ3v) is 3.24. The molecule has 0 saturated carbocycles. The lowest BCUT2D eigenvalue weighted by Gasteiger charge is -2.32. The van der Waals surface area contributed by atoms with Gasteiger partial charge in [-0.1, -0.05) is 12.2 Å². The maximum Gasteiger partial charge on any atom is 0.417 e. The summed E-state index contributed by atoms with van der Waals surface area (Å²) in [7, 11) is 0. The van der Waals surface area contributed by atoms with Gasteiger partial charge in [-0.05, 0) is 12.1 Å². The zero-order valence-corrected chi connectivity index (χ0v) is 11.6. The molecule has 0 aromatic carbocycles. The van der Waals surface area contributed by atoms with Crippen molar-refractivity contribution in [2.45, 2.75) is 12.3 Å². The van der Waals surface area contributed by atoms with Gasteiger partial charge in [0.1, 0.15) is 16.8 Å². The van der Waals surface area contributed by atoms with Gasteiger partial charge in [-0.2, -0.15) is 13.2 Å². The van der Waals surface area contributed by atoms with Crippen molar-refractivity contribution in [2.75, 3.05) is 19.7 Å². The minimum atomic E-state index is -4.48. The van der Waals surface area contributed by atoms with E-state index in [4.69, 9.17) is 22.7 Å². The highest BCUT2D eigenvalue weighted by molar-refractivity contribution is 7.80. The van der Waals surface area contributed by atoms with Crippen molar-refractivity contribution in [2.24, 2.45) is 5.73 Å². The van der Waals surface area contributed by atoms with Crippen molar-refractivity contribution in [1.82, 2.24) is 9.88 Å². The number of morpholine rings is 1. The quantitative estimate of drug-likeness (QED) is 0.831. The van der Waals surface area contributed by atoms with Gasteiger partial charge in [-0.25, -0.2) is 0 Å². The Morgan fingerprint density at radius 3 is 2.71 bits per heavy atom. The number of rotatable bonds is 2. The van der Waals surface area contributed by atoms with Crippen LogP contribution in [-0.2, 0) is 10.9 Å². The fourth-order valence-electron chi connectivity index (χ4n) is 1.86. The summed E-state index contributed by atoms with van der Waals surface area (Å²) in [6.07, 6.45) is -4.39. The second-order valence-electron chi connectivity index (χ2n) is 4.44. The van der Waals surface area contributed by atoms with Crippen LogP contribution < -0.4 is 5.73 Å². The molecule has 9 heteroatoms. The van der Waals surface area contributed by atoms with E-state index in [9.17, 15) is 18.0 Å². The standard InChI is InChI=1S/C12H12F3N3O2S/c13-12(14,15)7-1-2-8(17-5-7)11(19)18-3-4-20-9(6-18)10(16)21/h1-2,5,9H,3-4,6H2,(H2,16,21). The van der Waals surface area contributed by atoms with Crippen molar-refractivity contribution in [3.63, 3.8) is 0 Å². The largest absolute Gasteiger partial charge is 0.417 e. The summed E-state index contributed by atoms with van der Waals surface area (Å²) in [5, 5.41) is 0. The minimum Gasteiger partial charge on any atom is -0.391 e. The average molecular weight is 319 g/mol. The summed E-state index contributed by atoms with van der Waals surface area (Å²) in [6.45, 7) is 0.728. The molecule has 1 aliphatic heterocycles. The van der Waals surface area contributed by atoms with Crippen molar-refractivity contribution < 1.29 is 22.7 Å². The number of aromatic nitrogens is 1. The number of pyridine rings is 1. The van der Waals surface area contributed by atoms with E-state index in [0.29, 0.717) is 12.7 Å². The molecule has 1 aromatic rings. The lowest BCUT2D eigenvalue weighted by Crippen LogP contribution is -2.50. The SMILES string of the molecule is NC(=S)C1CN(C(=O)c2ccc(C(F)(F)F)cn2)CCO1. The van der Waals surface area contributed by atoms with E-state index >= 15 is 0 Å². The number of thiocarbonyl (C=S) groups is 1. The molecule has 1 atom stereocenters. The van der Waals surface area contributed by atoms with Crippen LogP contribution in [-0.4, -0.2) is 46.6 Å². The highest BCUT2D eigenvalue weighted by Crippen LogP contribution is 2.28. The Bertz CT molecular complexity index is 548. The lowest BCUT2D eigenvalue weighted by molar-refractivity contribution is -0.137. The molecule has 0 radical (unpaired) electrons. The fourth-order valence-corrected chi connectivity index (χ4v) is 2.00. The van der Waals surface area contributed by atoms with E-state index in [1.54, 1.807) is 0 Å². The van der Waals surface area contributed by atoms with E-state index in [1.165, 1.54) is 4.90 Å². The van der Waals surface area contributed by atoms with Gasteiger partial charge in [0.15, 0.2) is 0 Å². The van der Waals surface area contributed by atoms with Gasteiger partial charge < -0.3 is 15.4 Å². The lowest BCUT2D eigenvalue weighted by atomic mass is 10.2. The number of hydrogen-bond acceptors (Lipinski definition) is 4. The summed E-state index contributed by atoms with van der Waals surface area (Å²) >= 11 is 4.80. The molecule has 5 nitrogen and oxygen atoms in total. The maximum atomic E-state index is 12.4. The highest BCUT2D eigenvalue weighted by atomic mass is 32.1. The molecule has 0 bridgehead atoms. The van der Waals surface area contributed by atoms with Crippen molar-refractivity contribution in [1.29, 1.82) is 0 Å². The first-order chi connectivity index (χ1) is 9.79. The summed E-state index contributed by atoms with van der Waals surface area (Å²) < 4.78 is 42.6. The number of amides is 1. The smallest absolute Gasteiger partial charge is 0.391 e. The van der Waals surface area contributed by atoms with Crippen LogP contribution in [0.2, 0.25) is 0 Å². The zero-order chi connectivity index (χ0) is 15.6. The van der Waals surface area contributed by atoms with Crippen LogP contribution in [0.1, 0.15) is 16.1 Å². The van der Waals surface area contributed by atoms with Crippen LogP contribution in [0.3, 0.4) is 0 Å². The van der Waals surface area contributed by atoms with Gasteiger partial charge in [0.2, 0.25) is 0 Å². The normalized spacial score (nSPS) is 19.4. The molecule has 21 heavy (non-hydrogen) atoms. The molecule has 2 rings (SSSR count). The Kier molecular flexibility index (Phi) is 4.43. The van der Waals surface area contributed by atoms with E-state index in [1.807, 2.05) is 0 Å². The number of nitrogens with zero attached hydrogens (tertiary/aromatic N) is 2. The number of nitrogens with two attached hydrogens (primary N) is 1. The van der Waals surface area contributed by atoms with E-state index in [-0.39, 0.29) is 23.8 Å². The molecule has 2 heterocycles. The van der Waals surface area contributed by atoms with E-state index in [0.717, 1.165) is 12.1 Å². The van der Waals surface area contributed by atoms with Gasteiger partial charge in [0.05, 0.1) is 18.7 Å². The molecule has 1 fully saturated rings. The Morgan fingerprint density at radius 1 is 1.48 bits per heavy atom. The first-order valence-corrected chi connectivity index (χ1v) is 6.43. The predicted octanol–water partition coefficient (Wildman–Crippen LogP) is 1.23. The summed E-state index contributed by atoms with van der Waals surface area (Å²) in [5.41, 5.74) is 4.50. The van der Waals surface area contributed by atoms with Crippen LogP contribution in [0.25, 0.3) is 0 Å². The summed E-state index contributed by atoms with van der Waals surface area (Å²) in [6, 6.07) is 1.88. The third-order valence-electron chi connectivity index (χ3n) is 2.98. The molecule has 1 unspecified atom stereocenters. The van der Waals surface area contributed by atoms with Crippen molar-refractivity contribution in [3.8, 4) is 0 Å². The van der Waals surface area contributed by atoms with Crippen molar-refractivity contribution in [3.05, 3.63) is 29.6 Å².